The second kappa shape index (κ2) is 6.04. The summed E-state index contributed by atoms with van der Waals surface area (Å²) in [5.41, 5.74) is 6.67. The number of carbonyl (C=O) groups excluding carboxylic acids is 2. The number of hydrogen-bond acceptors (Lipinski definition) is 5. The Morgan fingerprint density at radius 3 is 2.46 bits per heavy atom. The zero-order valence-corrected chi connectivity index (χ0v) is 12.6. The average molecular weight is 326 g/mol. The van der Waals surface area contributed by atoms with E-state index in [1.807, 2.05) is 0 Å². The molecule has 1 aliphatic heterocycles. The molecule has 2 aromatic carbocycles. The van der Waals surface area contributed by atoms with Crippen LogP contribution in [0, 0.1) is 0 Å². The fraction of sp³-hybridized carbons (Fsp3) is 0.118. The SMILES string of the molecule is Nc1cccc(Oc2ccc3c(c2)C(=O)N(CCC(=O)O)C3=O)c1. The van der Waals surface area contributed by atoms with Crippen LogP contribution in [0.25, 0.3) is 0 Å². The lowest BCUT2D eigenvalue weighted by molar-refractivity contribution is -0.137. The van der Waals surface area contributed by atoms with Crippen LogP contribution in [0.5, 0.6) is 11.5 Å². The highest BCUT2D eigenvalue weighted by atomic mass is 16.5. The maximum atomic E-state index is 12.3. The minimum absolute atomic E-state index is 0.160. The summed E-state index contributed by atoms with van der Waals surface area (Å²) in [5.74, 6) is -1.19. The van der Waals surface area contributed by atoms with Crippen LogP contribution in [0.15, 0.2) is 42.5 Å². The van der Waals surface area contributed by atoms with Crippen molar-refractivity contribution in [1.82, 2.24) is 4.90 Å². The van der Waals surface area contributed by atoms with Crippen LogP contribution in [0.3, 0.4) is 0 Å². The van der Waals surface area contributed by atoms with Crippen molar-refractivity contribution in [3.05, 3.63) is 53.6 Å². The molecule has 3 N–H and O–H groups in total. The molecule has 2 aromatic rings. The van der Waals surface area contributed by atoms with Crippen LogP contribution in [0.2, 0.25) is 0 Å². The Morgan fingerprint density at radius 2 is 1.75 bits per heavy atom. The van der Waals surface area contributed by atoms with Gasteiger partial charge < -0.3 is 15.6 Å². The van der Waals surface area contributed by atoms with Gasteiger partial charge in [-0.25, -0.2) is 0 Å². The fourth-order valence-electron chi connectivity index (χ4n) is 2.46. The molecule has 0 atom stereocenters. The molecule has 0 saturated heterocycles. The molecule has 0 saturated carbocycles. The van der Waals surface area contributed by atoms with E-state index >= 15 is 0 Å². The van der Waals surface area contributed by atoms with E-state index < -0.39 is 17.8 Å². The molecule has 0 radical (unpaired) electrons. The first kappa shape index (κ1) is 15.5. The number of carboxylic acid groups (broad SMARTS) is 1. The zero-order chi connectivity index (χ0) is 17.3. The number of nitrogen functional groups attached to an aromatic ring is 1. The number of aliphatic carboxylic acids is 1. The number of amides is 2. The van der Waals surface area contributed by atoms with Gasteiger partial charge in [-0.15, -0.1) is 0 Å². The van der Waals surface area contributed by atoms with Crippen molar-refractivity contribution < 1.29 is 24.2 Å². The zero-order valence-electron chi connectivity index (χ0n) is 12.6. The predicted octanol–water partition coefficient (Wildman–Crippen LogP) is 2.13. The molecule has 1 heterocycles. The topological polar surface area (TPSA) is 110 Å². The summed E-state index contributed by atoms with van der Waals surface area (Å²) in [4.78, 5) is 36.1. The van der Waals surface area contributed by atoms with Gasteiger partial charge in [0.25, 0.3) is 11.8 Å². The van der Waals surface area contributed by atoms with Gasteiger partial charge in [0.05, 0.1) is 17.5 Å². The Labute approximate surface area is 137 Å². The van der Waals surface area contributed by atoms with E-state index in [9.17, 15) is 14.4 Å². The van der Waals surface area contributed by atoms with Crippen LogP contribution < -0.4 is 10.5 Å². The molecule has 2 amide bonds. The minimum Gasteiger partial charge on any atom is -0.481 e. The quantitative estimate of drug-likeness (QED) is 0.643. The van der Waals surface area contributed by atoms with Crippen molar-refractivity contribution in [2.24, 2.45) is 0 Å². The highest BCUT2D eigenvalue weighted by Crippen LogP contribution is 2.30. The number of ether oxygens (including phenoxy) is 1. The number of fused-ring (bicyclic) bond motifs is 1. The standard InChI is InChI=1S/C17H14N2O5/c18-10-2-1-3-11(8-10)24-12-4-5-13-14(9-12)17(23)19(16(13)22)7-6-15(20)21/h1-5,8-9H,6-7,18H2,(H,20,21). The van der Waals surface area contributed by atoms with E-state index in [0.29, 0.717) is 17.2 Å². The Hall–Kier alpha value is -3.35. The second-order valence-electron chi connectivity index (χ2n) is 5.29. The molecule has 24 heavy (non-hydrogen) atoms. The summed E-state index contributed by atoms with van der Waals surface area (Å²) in [5, 5.41) is 8.71. The molecule has 0 unspecified atom stereocenters. The van der Waals surface area contributed by atoms with Crippen molar-refractivity contribution in [3.8, 4) is 11.5 Å². The maximum Gasteiger partial charge on any atom is 0.305 e. The number of rotatable bonds is 5. The molecule has 0 aliphatic carbocycles. The summed E-state index contributed by atoms with van der Waals surface area (Å²) >= 11 is 0. The highest BCUT2D eigenvalue weighted by molar-refractivity contribution is 6.21. The molecule has 1 aliphatic rings. The summed E-state index contributed by atoms with van der Waals surface area (Å²) in [6, 6.07) is 11.4. The number of benzene rings is 2. The molecule has 0 aromatic heterocycles. The largest absolute Gasteiger partial charge is 0.481 e. The van der Waals surface area contributed by atoms with E-state index in [-0.39, 0.29) is 24.1 Å². The number of anilines is 1. The third-order valence-electron chi connectivity index (χ3n) is 3.59. The number of nitrogens with zero attached hydrogens (tertiary/aromatic N) is 1. The van der Waals surface area contributed by atoms with Crippen molar-refractivity contribution in [3.63, 3.8) is 0 Å². The van der Waals surface area contributed by atoms with Gasteiger partial charge in [-0.1, -0.05) is 6.07 Å². The van der Waals surface area contributed by atoms with Gasteiger partial charge in [0.15, 0.2) is 0 Å². The van der Waals surface area contributed by atoms with E-state index in [2.05, 4.69) is 0 Å². The Morgan fingerprint density at radius 1 is 1.04 bits per heavy atom. The molecule has 0 bridgehead atoms. The summed E-state index contributed by atoms with van der Waals surface area (Å²) in [6.45, 7) is -0.160. The first-order valence-corrected chi connectivity index (χ1v) is 7.21. The number of carboxylic acids is 1. The Bertz CT molecular complexity index is 847. The van der Waals surface area contributed by atoms with Gasteiger partial charge in [0, 0.05) is 18.3 Å². The summed E-state index contributed by atoms with van der Waals surface area (Å²) in [7, 11) is 0. The molecule has 7 heteroatoms. The summed E-state index contributed by atoms with van der Waals surface area (Å²) < 4.78 is 5.65. The monoisotopic (exact) mass is 326 g/mol. The molecule has 122 valence electrons. The van der Waals surface area contributed by atoms with Crippen LogP contribution in [0.1, 0.15) is 27.1 Å². The van der Waals surface area contributed by atoms with E-state index in [4.69, 9.17) is 15.6 Å². The van der Waals surface area contributed by atoms with Gasteiger partial charge in [-0.3, -0.25) is 19.3 Å². The highest BCUT2D eigenvalue weighted by Gasteiger charge is 2.35. The van der Waals surface area contributed by atoms with Crippen LogP contribution in [-0.4, -0.2) is 34.3 Å². The number of hydrogen-bond donors (Lipinski definition) is 2. The first-order chi connectivity index (χ1) is 11.5. The molecular weight excluding hydrogens is 312 g/mol. The van der Waals surface area contributed by atoms with Crippen molar-refractivity contribution in [2.45, 2.75) is 6.42 Å². The molecule has 0 spiro atoms. The average Bonchev–Trinajstić information content (AvgIpc) is 2.76. The number of carbonyl (C=O) groups is 3. The van der Waals surface area contributed by atoms with Crippen LogP contribution in [-0.2, 0) is 4.79 Å². The van der Waals surface area contributed by atoms with Crippen LogP contribution in [0.4, 0.5) is 5.69 Å². The van der Waals surface area contributed by atoms with Gasteiger partial charge in [0.1, 0.15) is 11.5 Å². The van der Waals surface area contributed by atoms with E-state index in [1.54, 1.807) is 30.3 Å². The van der Waals surface area contributed by atoms with Gasteiger partial charge in [-0.2, -0.15) is 0 Å². The smallest absolute Gasteiger partial charge is 0.305 e. The number of nitrogens with two attached hydrogens (primary N) is 1. The molecule has 3 rings (SSSR count). The Kier molecular flexibility index (Phi) is 3.91. The third kappa shape index (κ3) is 2.91. The molecule has 0 fully saturated rings. The number of imide groups is 1. The predicted molar refractivity (Wildman–Crippen MR) is 85.0 cm³/mol. The van der Waals surface area contributed by atoms with Gasteiger partial charge in [-0.05, 0) is 30.3 Å². The second-order valence-corrected chi connectivity index (χ2v) is 5.29. The maximum absolute atomic E-state index is 12.3. The van der Waals surface area contributed by atoms with E-state index in [0.717, 1.165) is 4.90 Å². The van der Waals surface area contributed by atoms with Gasteiger partial charge >= 0.3 is 5.97 Å². The molecular formula is C17H14N2O5. The van der Waals surface area contributed by atoms with Crippen molar-refractivity contribution in [2.75, 3.05) is 12.3 Å². The minimum atomic E-state index is -1.07. The van der Waals surface area contributed by atoms with Gasteiger partial charge in [0.2, 0.25) is 0 Å². The van der Waals surface area contributed by atoms with Crippen LogP contribution >= 0.6 is 0 Å². The summed E-state index contributed by atoms with van der Waals surface area (Å²) in [6.07, 6.45) is -0.294. The van der Waals surface area contributed by atoms with E-state index in [1.165, 1.54) is 12.1 Å². The Balaban J connectivity index is 1.84. The lowest BCUT2D eigenvalue weighted by Gasteiger charge is -2.11. The fourth-order valence-corrected chi connectivity index (χ4v) is 2.46. The molecule has 7 nitrogen and oxygen atoms in total. The first-order valence-electron chi connectivity index (χ1n) is 7.21. The van der Waals surface area contributed by atoms with Crippen molar-refractivity contribution >= 4 is 23.5 Å². The normalized spacial score (nSPS) is 13.1. The lowest BCUT2D eigenvalue weighted by Crippen LogP contribution is -2.31. The third-order valence-corrected chi connectivity index (χ3v) is 3.59. The van der Waals surface area contributed by atoms with Crippen molar-refractivity contribution in [1.29, 1.82) is 0 Å². The lowest BCUT2D eigenvalue weighted by atomic mass is 10.1.